The van der Waals surface area contributed by atoms with E-state index in [2.05, 4.69) is 5.32 Å². The van der Waals surface area contributed by atoms with E-state index in [0.717, 1.165) is 23.1 Å². The quantitative estimate of drug-likeness (QED) is 0.268. The molecular formula is C25H16N2O9. The lowest BCUT2D eigenvalue weighted by molar-refractivity contribution is -0.131. The Kier molecular flexibility index (Phi) is 6.05. The average Bonchev–Trinajstić information content (AvgIpc) is 3.08. The normalized spacial score (nSPS) is 12.2. The fraction of sp³-hybridized carbons (Fsp3) is 0.0400. The summed E-state index contributed by atoms with van der Waals surface area (Å²) in [5.41, 5.74) is -0.487. The number of carbonyl (C=O) groups excluding carboxylic acids is 4. The lowest BCUT2D eigenvalue weighted by atomic mass is 10.0. The molecule has 1 aliphatic rings. The molecule has 0 radical (unpaired) electrons. The number of carbonyl (C=O) groups is 6. The maximum Gasteiger partial charge on any atom is 0.335 e. The van der Waals surface area contributed by atoms with Gasteiger partial charge in [0.05, 0.1) is 27.9 Å². The van der Waals surface area contributed by atoms with Crippen LogP contribution in [-0.2, 0) is 4.79 Å². The Bertz CT molecular complexity index is 1440. The number of rotatable bonds is 6. The highest BCUT2D eigenvalue weighted by molar-refractivity contribution is 6.34. The van der Waals surface area contributed by atoms with Crippen molar-refractivity contribution >= 4 is 47.0 Å². The highest BCUT2D eigenvalue weighted by Crippen LogP contribution is 2.30. The number of esters is 1. The lowest BCUT2D eigenvalue weighted by Gasteiger charge is -2.14. The lowest BCUT2D eigenvalue weighted by Crippen LogP contribution is -2.29. The van der Waals surface area contributed by atoms with Crippen LogP contribution >= 0.6 is 0 Å². The first-order valence-corrected chi connectivity index (χ1v) is 10.3. The summed E-state index contributed by atoms with van der Waals surface area (Å²) in [6, 6.07) is 12.7. The Hall–Kier alpha value is -5.32. The van der Waals surface area contributed by atoms with Crippen molar-refractivity contribution in [2.24, 2.45) is 0 Å². The van der Waals surface area contributed by atoms with E-state index in [4.69, 9.17) is 4.74 Å². The van der Waals surface area contributed by atoms with Crippen LogP contribution in [0.15, 0.2) is 60.7 Å². The number of nitrogens with zero attached hydrogens (tertiary/aromatic N) is 1. The number of aromatic carboxylic acids is 2. The van der Waals surface area contributed by atoms with E-state index >= 15 is 0 Å². The van der Waals surface area contributed by atoms with Crippen LogP contribution < -0.4 is 15.0 Å². The van der Waals surface area contributed by atoms with Gasteiger partial charge in [-0.25, -0.2) is 14.5 Å². The molecule has 0 atom stereocenters. The Balaban J connectivity index is 1.59. The molecule has 0 saturated heterocycles. The molecule has 0 aromatic heterocycles. The first kappa shape index (κ1) is 23.8. The van der Waals surface area contributed by atoms with Crippen LogP contribution in [0.25, 0.3) is 0 Å². The molecular weight excluding hydrogens is 472 g/mol. The number of carboxylic acid groups (broad SMARTS) is 2. The van der Waals surface area contributed by atoms with Gasteiger partial charge < -0.3 is 20.3 Å². The molecule has 11 heteroatoms. The van der Waals surface area contributed by atoms with Gasteiger partial charge in [-0.1, -0.05) is 0 Å². The van der Waals surface area contributed by atoms with E-state index in [1.807, 2.05) is 0 Å². The summed E-state index contributed by atoms with van der Waals surface area (Å²) in [5.74, 6) is -5.08. The Morgan fingerprint density at radius 3 is 1.89 bits per heavy atom. The highest BCUT2D eigenvalue weighted by atomic mass is 16.5. The Morgan fingerprint density at radius 1 is 0.750 bits per heavy atom. The third-order valence-electron chi connectivity index (χ3n) is 5.19. The third-order valence-corrected chi connectivity index (χ3v) is 5.19. The molecule has 0 unspecified atom stereocenters. The maximum atomic E-state index is 13.0. The summed E-state index contributed by atoms with van der Waals surface area (Å²) in [6.45, 7) is 1.24. The van der Waals surface area contributed by atoms with Crippen LogP contribution in [0, 0.1) is 0 Å². The number of fused-ring (bicyclic) bond motifs is 1. The molecule has 11 nitrogen and oxygen atoms in total. The van der Waals surface area contributed by atoms with Crippen LogP contribution in [0.2, 0.25) is 0 Å². The molecule has 3 aromatic rings. The smallest absolute Gasteiger partial charge is 0.335 e. The second kappa shape index (κ2) is 9.14. The molecule has 0 fully saturated rings. The zero-order valence-corrected chi connectivity index (χ0v) is 18.5. The monoisotopic (exact) mass is 488 g/mol. The summed E-state index contributed by atoms with van der Waals surface area (Å²) >= 11 is 0. The van der Waals surface area contributed by atoms with Crippen LogP contribution in [-0.4, -0.2) is 45.8 Å². The molecule has 0 saturated carbocycles. The van der Waals surface area contributed by atoms with Crippen molar-refractivity contribution < 1.29 is 43.7 Å². The molecule has 3 amide bonds. The summed E-state index contributed by atoms with van der Waals surface area (Å²) < 4.78 is 4.94. The zero-order chi connectivity index (χ0) is 26.1. The molecule has 3 N–H and O–H groups in total. The van der Waals surface area contributed by atoms with Crippen molar-refractivity contribution in [3.05, 3.63) is 88.5 Å². The molecule has 3 aromatic carbocycles. The maximum absolute atomic E-state index is 13.0. The van der Waals surface area contributed by atoms with Crippen molar-refractivity contribution in [2.45, 2.75) is 6.92 Å². The molecule has 1 aliphatic heterocycles. The van der Waals surface area contributed by atoms with Crippen molar-refractivity contribution in [1.29, 1.82) is 0 Å². The van der Waals surface area contributed by atoms with Gasteiger partial charge in [0.25, 0.3) is 17.7 Å². The topological polar surface area (TPSA) is 167 Å². The second-order valence-electron chi connectivity index (χ2n) is 7.66. The molecule has 36 heavy (non-hydrogen) atoms. The molecule has 0 aliphatic carbocycles. The van der Waals surface area contributed by atoms with E-state index in [0.29, 0.717) is 0 Å². The third kappa shape index (κ3) is 4.53. The van der Waals surface area contributed by atoms with Crippen LogP contribution in [0.1, 0.15) is 58.7 Å². The number of hydrogen-bond acceptors (Lipinski definition) is 7. The van der Waals surface area contributed by atoms with Gasteiger partial charge in [-0.2, -0.15) is 0 Å². The fourth-order valence-corrected chi connectivity index (χ4v) is 3.60. The minimum Gasteiger partial charge on any atom is -0.478 e. The Morgan fingerprint density at radius 2 is 1.33 bits per heavy atom. The first-order chi connectivity index (χ1) is 17.0. The number of ether oxygens (including phenoxy) is 1. The van der Waals surface area contributed by atoms with Crippen LogP contribution in [0.4, 0.5) is 11.4 Å². The largest absolute Gasteiger partial charge is 0.478 e. The van der Waals surface area contributed by atoms with E-state index in [1.165, 1.54) is 49.4 Å². The first-order valence-electron chi connectivity index (χ1n) is 10.3. The van der Waals surface area contributed by atoms with E-state index in [1.54, 1.807) is 0 Å². The standard InChI is InChI=1S/C25H16N2O9/c1-12(28)36-18-5-3-17(4-6-18)27-22(30)19-7-2-13(11-20(19)23(27)31)21(29)26-16-9-14(24(32)33)8-15(10-16)25(34)35/h2-11H,1H3,(H,26,29)(H,32,33)(H,34,35). The van der Waals surface area contributed by atoms with Crippen molar-refractivity contribution in [1.82, 2.24) is 0 Å². The number of carboxylic acids is 2. The molecule has 0 bridgehead atoms. The number of nitrogens with one attached hydrogen (secondary N) is 1. The van der Waals surface area contributed by atoms with E-state index in [9.17, 15) is 39.0 Å². The molecule has 1 heterocycles. The SMILES string of the molecule is CC(=O)Oc1ccc(N2C(=O)c3ccc(C(=O)Nc4cc(C(=O)O)cc(C(=O)O)c4)cc3C2=O)cc1. The summed E-state index contributed by atoms with van der Waals surface area (Å²) in [7, 11) is 0. The summed E-state index contributed by atoms with van der Waals surface area (Å²) in [4.78, 5) is 73.2. The number of anilines is 2. The predicted octanol–water partition coefficient (Wildman–Crippen LogP) is 3.06. The number of amides is 3. The minimum atomic E-state index is -1.38. The average molecular weight is 488 g/mol. The van der Waals surface area contributed by atoms with Gasteiger partial charge in [0.2, 0.25) is 0 Å². The van der Waals surface area contributed by atoms with Gasteiger partial charge in [-0.3, -0.25) is 19.2 Å². The van der Waals surface area contributed by atoms with Crippen LogP contribution in [0.5, 0.6) is 5.75 Å². The second-order valence-corrected chi connectivity index (χ2v) is 7.66. The summed E-state index contributed by atoms with van der Waals surface area (Å²) in [6.07, 6.45) is 0. The van der Waals surface area contributed by atoms with Crippen molar-refractivity contribution in [2.75, 3.05) is 10.2 Å². The van der Waals surface area contributed by atoms with E-state index in [-0.39, 0.29) is 44.9 Å². The van der Waals surface area contributed by atoms with Crippen molar-refractivity contribution in [3.8, 4) is 5.75 Å². The summed E-state index contributed by atoms with van der Waals surface area (Å²) in [5, 5.41) is 20.8. The minimum absolute atomic E-state index is 0.0143. The van der Waals surface area contributed by atoms with Gasteiger partial charge >= 0.3 is 17.9 Å². The predicted molar refractivity (Wildman–Crippen MR) is 124 cm³/mol. The van der Waals surface area contributed by atoms with Gasteiger partial charge in [0.1, 0.15) is 5.75 Å². The van der Waals surface area contributed by atoms with Crippen molar-refractivity contribution in [3.63, 3.8) is 0 Å². The molecule has 180 valence electrons. The highest BCUT2D eigenvalue weighted by Gasteiger charge is 2.37. The number of hydrogen-bond donors (Lipinski definition) is 3. The van der Waals surface area contributed by atoms with Gasteiger partial charge in [0.15, 0.2) is 0 Å². The van der Waals surface area contributed by atoms with Gasteiger partial charge in [0, 0.05) is 18.2 Å². The number of benzene rings is 3. The zero-order valence-electron chi connectivity index (χ0n) is 18.5. The van der Waals surface area contributed by atoms with Crippen LogP contribution in [0.3, 0.4) is 0 Å². The molecule has 0 spiro atoms. The fourth-order valence-electron chi connectivity index (χ4n) is 3.60. The molecule has 4 rings (SSSR count). The van der Waals surface area contributed by atoms with Gasteiger partial charge in [-0.15, -0.1) is 0 Å². The van der Waals surface area contributed by atoms with E-state index < -0.39 is 35.6 Å². The Labute approximate surface area is 202 Å². The number of imide groups is 1. The van der Waals surface area contributed by atoms with Gasteiger partial charge in [-0.05, 0) is 60.7 Å².